The Labute approximate surface area is 150 Å². The molecule has 0 spiro atoms. The van der Waals surface area contributed by atoms with Crippen molar-refractivity contribution < 1.29 is 9.53 Å². The number of anilines is 1. The first-order valence-corrected chi connectivity index (χ1v) is 8.67. The summed E-state index contributed by atoms with van der Waals surface area (Å²) >= 11 is 0. The molecule has 1 heterocycles. The van der Waals surface area contributed by atoms with E-state index in [9.17, 15) is 4.79 Å². The lowest BCUT2D eigenvalue weighted by molar-refractivity contribution is 0.0589. The van der Waals surface area contributed by atoms with Crippen LogP contribution in [0.2, 0.25) is 0 Å². The van der Waals surface area contributed by atoms with E-state index in [4.69, 9.17) is 4.74 Å². The zero-order valence-corrected chi connectivity index (χ0v) is 15.5. The lowest BCUT2D eigenvalue weighted by atomic mass is 10.1. The molecule has 0 aliphatic carbocycles. The van der Waals surface area contributed by atoms with Crippen molar-refractivity contribution in [3.8, 4) is 0 Å². The number of fused-ring (bicyclic) bond motifs is 1. The van der Waals surface area contributed by atoms with Gasteiger partial charge in [-0.25, -0.2) is 4.79 Å². The van der Waals surface area contributed by atoms with E-state index in [0.29, 0.717) is 0 Å². The predicted molar refractivity (Wildman–Crippen MR) is 100 cm³/mol. The SMILES string of the molecule is CN(C(=O)OC(C)(C)C)c1cccc2c1CN(Cc1ccccc1)C2. The number of nitrogens with zero attached hydrogens (tertiary/aromatic N) is 2. The Morgan fingerprint density at radius 3 is 2.48 bits per heavy atom. The van der Waals surface area contributed by atoms with Crippen molar-refractivity contribution in [2.75, 3.05) is 11.9 Å². The Morgan fingerprint density at radius 1 is 1.08 bits per heavy atom. The average Bonchev–Trinajstić information content (AvgIpc) is 2.95. The number of ether oxygens (including phenoxy) is 1. The van der Waals surface area contributed by atoms with E-state index < -0.39 is 5.60 Å². The molecule has 4 heteroatoms. The smallest absolute Gasteiger partial charge is 0.414 e. The molecule has 0 aromatic heterocycles. The molecule has 0 saturated heterocycles. The summed E-state index contributed by atoms with van der Waals surface area (Å²) in [6.07, 6.45) is -0.317. The van der Waals surface area contributed by atoms with Gasteiger partial charge in [0.2, 0.25) is 0 Å². The van der Waals surface area contributed by atoms with Crippen molar-refractivity contribution in [2.24, 2.45) is 0 Å². The van der Waals surface area contributed by atoms with Crippen LogP contribution in [0.1, 0.15) is 37.5 Å². The minimum absolute atomic E-state index is 0.317. The molecular weight excluding hydrogens is 312 g/mol. The largest absolute Gasteiger partial charge is 0.443 e. The van der Waals surface area contributed by atoms with Gasteiger partial charge in [0.25, 0.3) is 0 Å². The van der Waals surface area contributed by atoms with Crippen LogP contribution >= 0.6 is 0 Å². The Hall–Kier alpha value is -2.33. The first kappa shape index (κ1) is 17.5. The van der Waals surface area contributed by atoms with E-state index in [1.807, 2.05) is 39.0 Å². The van der Waals surface area contributed by atoms with Crippen LogP contribution in [-0.4, -0.2) is 23.6 Å². The summed E-state index contributed by atoms with van der Waals surface area (Å²) < 4.78 is 5.51. The van der Waals surface area contributed by atoms with Crippen LogP contribution in [0.3, 0.4) is 0 Å². The maximum Gasteiger partial charge on any atom is 0.414 e. The quantitative estimate of drug-likeness (QED) is 0.821. The van der Waals surface area contributed by atoms with Gasteiger partial charge < -0.3 is 4.74 Å². The molecule has 0 unspecified atom stereocenters. The second-order valence-electron chi connectivity index (χ2n) is 7.58. The summed E-state index contributed by atoms with van der Waals surface area (Å²) in [6, 6.07) is 16.6. The fraction of sp³-hybridized carbons (Fsp3) is 0.381. The number of carbonyl (C=O) groups is 1. The normalized spacial score (nSPS) is 14.2. The van der Waals surface area contributed by atoms with Gasteiger partial charge in [0.15, 0.2) is 0 Å². The number of hydrogen-bond donors (Lipinski definition) is 0. The van der Waals surface area contributed by atoms with E-state index in [0.717, 1.165) is 25.3 Å². The van der Waals surface area contributed by atoms with Gasteiger partial charge >= 0.3 is 6.09 Å². The van der Waals surface area contributed by atoms with Gasteiger partial charge in [0.1, 0.15) is 5.60 Å². The average molecular weight is 338 g/mol. The minimum Gasteiger partial charge on any atom is -0.443 e. The zero-order chi connectivity index (χ0) is 18.0. The molecule has 2 aromatic rings. The molecule has 1 aliphatic heterocycles. The third-order valence-corrected chi connectivity index (χ3v) is 4.30. The highest BCUT2D eigenvalue weighted by Crippen LogP contribution is 2.32. The fourth-order valence-corrected chi connectivity index (χ4v) is 3.17. The van der Waals surface area contributed by atoms with E-state index >= 15 is 0 Å². The van der Waals surface area contributed by atoms with Crippen molar-refractivity contribution in [3.05, 3.63) is 65.2 Å². The molecule has 4 nitrogen and oxygen atoms in total. The second-order valence-corrected chi connectivity index (χ2v) is 7.58. The number of hydrogen-bond acceptors (Lipinski definition) is 3. The fourth-order valence-electron chi connectivity index (χ4n) is 3.17. The van der Waals surface area contributed by atoms with Crippen molar-refractivity contribution in [2.45, 2.75) is 46.0 Å². The highest BCUT2D eigenvalue weighted by Gasteiger charge is 2.27. The summed E-state index contributed by atoms with van der Waals surface area (Å²) in [6.45, 7) is 8.31. The van der Waals surface area contributed by atoms with Crippen molar-refractivity contribution >= 4 is 11.8 Å². The molecule has 2 aromatic carbocycles. The summed E-state index contributed by atoms with van der Waals surface area (Å²) in [7, 11) is 1.78. The molecular formula is C21H26N2O2. The molecule has 25 heavy (non-hydrogen) atoms. The molecule has 1 amide bonds. The van der Waals surface area contributed by atoms with Crippen LogP contribution in [-0.2, 0) is 24.4 Å². The molecule has 3 rings (SSSR count). The van der Waals surface area contributed by atoms with Crippen molar-refractivity contribution in [1.29, 1.82) is 0 Å². The van der Waals surface area contributed by atoms with Gasteiger partial charge in [-0.15, -0.1) is 0 Å². The van der Waals surface area contributed by atoms with E-state index in [-0.39, 0.29) is 6.09 Å². The summed E-state index contributed by atoms with van der Waals surface area (Å²) in [5, 5.41) is 0. The van der Waals surface area contributed by atoms with Crippen LogP contribution in [0.25, 0.3) is 0 Å². The molecule has 0 saturated carbocycles. The van der Waals surface area contributed by atoms with Gasteiger partial charge in [-0.3, -0.25) is 9.80 Å². The van der Waals surface area contributed by atoms with Crippen LogP contribution in [0.5, 0.6) is 0 Å². The van der Waals surface area contributed by atoms with Crippen LogP contribution < -0.4 is 4.90 Å². The monoisotopic (exact) mass is 338 g/mol. The van der Waals surface area contributed by atoms with Gasteiger partial charge in [-0.05, 0) is 43.5 Å². The standard InChI is InChI=1S/C21H26N2O2/c1-21(2,3)25-20(24)22(4)19-12-8-11-17-14-23(15-18(17)19)13-16-9-6-5-7-10-16/h5-12H,13-15H2,1-4H3. The maximum absolute atomic E-state index is 12.4. The zero-order valence-electron chi connectivity index (χ0n) is 15.5. The predicted octanol–water partition coefficient (Wildman–Crippen LogP) is 4.57. The van der Waals surface area contributed by atoms with Gasteiger partial charge in [0, 0.05) is 26.7 Å². The van der Waals surface area contributed by atoms with E-state index in [1.54, 1.807) is 11.9 Å². The summed E-state index contributed by atoms with van der Waals surface area (Å²) in [5.41, 5.74) is 4.23. The van der Waals surface area contributed by atoms with Gasteiger partial charge in [0.05, 0.1) is 5.69 Å². The Bertz CT molecular complexity index is 750. The number of amides is 1. The third-order valence-electron chi connectivity index (χ3n) is 4.30. The van der Waals surface area contributed by atoms with Crippen LogP contribution in [0.4, 0.5) is 10.5 Å². The summed E-state index contributed by atoms with van der Waals surface area (Å²) in [5.74, 6) is 0. The Kier molecular flexibility index (Phi) is 4.82. The summed E-state index contributed by atoms with van der Waals surface area (Å²) in [4.78, 5) is 16.4. The first-order chi connectivity index (χ1) is 11.8. The van der Waals surface area contributed by atoms with Gasteiger partial charge in [-0.2, -0.15) is 0 Å². The van der Waals surface area contributed by atoms with Crippen molar-refractivity contribution in [1.82, 2.24) is 4.90 Å². The Balaban J connectivity index is 1.76. The highest BCUT2D eigenvalue weighted by atomic mass is 16.6. The van der Waals surface area contributed by atoms with E-state index in [2.05, 4.69) is 35.2 Å². The van der Waals surface area contributed by atoms with Crippen LogP contribution in [0, 0.1) is 0 Å². The number of benzene rings is 2. The second kappa shape index (κ2) is 6.89. The lowest BCUT2D eigenvalue weighted by Gasteiger charge is -2.26. The molecule has 1 aliphatic rings. The molecule has 0 N–H and O–H groups in total. The van der Waals surface area contributed by atoms with Gasteiger partial charge in [-0.1, -0.05) is 42.5 Å². The Morgan fingerprint density at radius 2 is 1.80 bits per heavy atom. The van der Waals surface area contributed by atoms with Crippen LogP contribution in [0.15, 0.2) is 48.5 Å². The molecule has 0 bridgehead atoms. The van der Waals surface area contributed by atoms with E-state index in [1.165, 1.54) is 16.7 Å². The topological polar surface area (TPSA) is 32.8 Å². The molecule has 132 valence electrons. The first-order valence-electron chi connectivity index (χ1n) is 8.67. The minimum atomic E-state index is -0.497. The third kappa shape index (κ3) is 4.20. The maximum atomic E-state index is 12.4. The van der Waals surface area contributed by atoms with Crippen molar-refractivity contribution in [3.63, 3.8) is 0 Å². The molecule has 0 atom stereocenters. The lowest BCUT2D eigenvalue weighted by Crippen LogP contribution is -2.34. The number of carbonyl (C=O) groups excluding carboxylic acids is 1. The molecule has 0 radical (unpaired) electrons. The molecule has 0 fully saturated rings. The number of rotatable bonds is 3. The highest BCUT2D eigenvalue weighted by molar-refractivity contribution is 5.88.